The molecule has 2 aromatic carbocycles. The monoisotopic (exact) mass is 354 g/mol. The van der Waals surface area contributed by atoms with Gasteiger partial charge in [-0.05, 0) is 25.1 Å². The predicted octanol–water partition coefficient (Wildman–Crippen LogP) is 3.95. The van der Waals surface area contributed by atoms with Crippen molar-refractivity contribution in [2.24, 2.45) is 0 Å². The van der Waals surface area contributed by atoms with Crippen molar-refractivity contribution in [1.29, 1.82) is 0 Å². The second-order valence-electron chi connectivity index (χ2n) is 5.60. The Morgan fingerprint density at radius 2 is 1.88 bits per heavy atom. The van der Waals surface area contributed by atoms with E-state index in [-0.39, 0.29) is 12.5 Å². The number of benzene rings is 2. The molecule has 0 aliphatic heterocycles. The van der Waals surface area contributed by atoms with Crippen LogP contribution in [0.5, 0.6) is 5.75 Å². The zero-order valence-electron chi connectivity index (χ0n) is 14.3. The number of rotatable bonds is 8. The molecule has 3 aromatic rings. The minimum Gasteiger partial charge on any atom is -0.484 e. The maximum atomic E-state index is 11.8. The number of thioether (sulfide) groups is 1. The summed E-state index contributed by atoms with van der Waals surface area (Å²) in [4.78, 5) is 13.1. The van der Waals surface area contributed by atoms with Crippen LogP contribution in [0.25, 0.3) is 10.9 Å². The molecular weight excluding hydrogens is 332 g/mol. The van der Waals surface area contributed by atoms with E-state index in [1.165, 1.54) is 15.8 Å². The van der Waals surface area contributed by atoms with Crippen molar-refractivity contribution in [3.63, 3.8) is 0 Å². The molecule has 1 heterocycles. The highest BCUT2D eigenvalue weighted by Crippen LogP contribution is 2.29. The number of aromatic nitrogens is 1. The summed E-state index contributed by atoms with van der Waals surface area (Å²) in [6, 6.07) is 17.8. The number of nitrogens with zero attached hydrogens (tertiary/aromatic N) is 1. The van der Waals surface area contributed by atoms with Gasteiger partial charge in [0.05, 0.1) is 0 Å². The van der Waals surface area contributed by atoms with Crippen molar-refractivity contribution in [3.8, 4) is 5.75 Å². The molecule has 0 aliphatic rings. The Labute approximate surface area is 152 Å². The molecule has 0 saturated carbocycles. The topological polar surface area (TPSA) is 43.3 Å². The van der Waals surface area contributed by atoms with Gasteiger partial charge in [0.2, 0.25) is 0 Å². The van der Waals surface area contributed by atoms with Gasteiger partial charge in [0, 0.05) is 40.8 Å². The fourth-order valence-electron chi connectivity index (χ4n) is 2.66. The van der Waals surface area contributed by atoms with Crippen LogP contribution in [0.4, 0.5) is 0 Å². The van der Waals surface area contributed by atoms with Crippen molar-refractivity contribution in [1.82, 2.24) is 9.88 Å². The third-order valence-electron chi connectivity index (χ3n) is 3.89. The largest absolute Gasteiger partial charge is 0.484 e. The molecule has 0 spiro atoms. The Bertz CT molecular complexity index is 830. The number of fused-ring (bicyclic) bond motifs is 1. The number of aryl methyl sites for hydroxylation is 1. The predicted molar refractivity (Wildman–Crippen MR) is 103 cm³/mol. The maximum absolute atomic E-state index is 11.8. The summed E-state index contributed by atoms with van der Waals surface area (Å²) >= 11 is 1.77. The number of ether oxygens (including phenoxy) is 1. The molecule has 0 bridgehead atoms. The van der Waals surface area contributed by atoms with Crippen LogP contribution in [-0.4, -0.2) is 29.4 Å². The highest BCUT2D eigenvalue weighted by Gasteiger charge is 2.08. The van der Waals surface area contributed by atoms with Crippen molar-refractivity contribution in [2.45, 2.75) is 18.4 Å². The molecule has 5 heteroatoms. The molecule has 0 unspecified atom stereocenters. The SMILES string of the molecule is CCn1cc(SCCNC(=O)COc2ccccc2)c2ccccc21. The maximum Gasteiger partial charge on any atom is 0.257 e. The molecule has 1 aromatic heterocycles. The van der Waals surface area contributed by atoms with Crippen molar-refractivity contribution >= 4 is 28.6 Å². The minimum atomic E-state index is -0.0968. The van der Waals surface area contributed by atoms with E-state index in [1.54, 1.807) is 11.8 Å². The lowest BCUT2D eigenvalue weighted by Gasteiger charge is -2.07. The lowest BCUT2D eigenvalue weighted by atomic mass is 10.2. The van der Waals surface area contributed by atoms with Crippen LogP contribution in [-0.2, 0) is 11.3 Å². The van der Waals surface area contributed by atoms with Crippen LogP contribution in [0.2, 0.25) is 0 Å². The van der Waals surface area contributed by atoms with Crippen LogP contribution in [0, 0.1) is 0 Å². The number of nitrogens with one attached hydrogen (secondary N) is 1. The van der Waals surface area contributed by atoms with E-state index < -0.39 is 0 Å². The van der Waals surface area contributed by atoms with E-state index >= 15 is 0 Å². The van der Waals surface area contributed by atoms with Crippen molar-refractivity contribution in [3.05, 3.63) is 60.8 Å². The molecular formula is C20H22N2O2S. The summed E-state index contributed by atoms with van der Waals surface area (Å²) in [6.45, 7) is 3.76. The smallest absolute Gasteiger partial charge is 0.257 e. The zero-order valence-corrected chi connectivity index (χ0v) is 15.1. The van der Waals surface area contributed by atoms with Crippen LogP contribution >= 0.6 is 11.8 Å². The van der Waals surface area contributed by atoms with E-state index in [4.69, 9.17) is 4.74 Å². The molecule has 3 rings (SSSR count). The summed E-state index contributed by atoms with van der Waals surface area (Å²) < 4.78 is 7.69. The molecule has 25 heavy (non-hydrogen) atoms. The van der Waals surface area contributed by atoms with E-state index in [0.717, 1.165) is 12.3 Å². The van der Waals surface area contributed by atoms with E-state index in [9.17, 15) is 4.79 Å². The van der Waals surface area contributed by atoms with Gasteiger partial charge in [-0.1, -0.05) is 36.4 Å². The number of carbonyl (C=O) groups is 1. The van der Waals surface area contributed by atoms with Crippen LogP contribution < -0.4 is 10.1 Å². The molecule has 0 saturated heterocycles. The van der Waals surface area contributed by atoms with Crippen LogP contribution in [0.1, 0.15) is 6.92 Å². The number of carbonyl (C=O) groups excluding carboxylic acids is 1. The number of para-hydroxylation sites is 2. The van der Waals surface area contributed by atoms with E-state index in [1.807, 2.05) is 30.3 Å². The Morgan fingerprint density at radius 3 is 2.68 bits per heavy atom. The molecule has 0 aliphatic carbocycles. The van der Waals surface area contributed by atoms with Gasteiger partial charge in [-0.15, -0.1) is 11.8 Å². The van der Waals surface area contributed by atoms with Gasteiger partial charge < -0.3 is 14.6 Å². The summed E-state index contributed by atoms with van der Waals surface area (Å²) in [5.74, 6) is 1.44. The second kappa shape index (κ2) is 8.62. The van der Waals surface area contributed by atoms with E-state index in [2.05, 4.69) is 47.3 Å². The first kappa shape index (κ1) is 17.4. The molecule has 130 valence electrons. The Hall–Kier alpha value is -2.40. The minimum absolute atomic E-state index is 0.0455. The Balaban J connectivity index is 1.45. The third kappa shape index (κ3) is 4.57. The highest BCUT2D eigenvalue weighted by atomic mass is 32.2. The summed E-state index contributed by atoms with van der Waals surface area (Å²) in [7, 11) is 0. The first-order valence-corrected chi connectivity index (χ1v) is 9.41. The number of hydrogen-bond donors (Lipinski definition) is 1. The molecule has 0 atom stereocenters. The van der Waals surface area contributed by atoms with Gasteiger partial charge in [-0.2, -0.15) is 0 Å². The Morgan fingerprint density at radius 1 is 1.12 bits per heavy atom. The molecule has 0 radical (unpaired) electrons. The average molecular weight is 354 g/mol. The van der Waals surface area contributed by atoms with Crippen LogP contribution in [0.3, 0.4) is 0 Å². The number of amides is 1. The third-order valence-corrected chi connectivity index (χ3v) is 4.93. The Kier molecular flexibility index (Phi) is 6.01. The van der Waals surface area contributed by atoms with Gasteiger partial charge in [0.25, 0.3) is 5.91 Å². The molecule has 1 N–H and O–H groups in total. The molecule has 1 amide bonds. The lowest BCUT2D eigenvalue weighted by Crippen LogP contribution is -2.30. The molecule has 4 nitrogen and oxygen atoms in total. The highest BCUT2D eigenvalue weighted by molar-refractivity contribution is 7.99. The van der Waals surface area contributed by atoms with Crippen molar-refractivity contribution in [2.75, 3.05) is 18.9 Å². The normalized spacial score (nSPS) is 10.8. The summed E-state index contributed by atoms with van der Waals surface area (Å²) in [5, 5.41) is 4.17. The fraction of sp³-hybridized carbons (Fsp3) is 0.250. The lowest BCUT2D eigenvalue weighted by molar-refractivity contribution is -0.122. The quantitative estimate of drug-likeness (QED) is 0.492. The average Bonchev–Trinajstić information content (AvgIpc) is 3.02. The van der Waals surface area contributed by atoms with Gasteiger partial charge in [-0.25, -0.2) is 0 Å². The molecule has 0 fully saturated rings. The standard InChI is InChI=1S/C20H22N2O2S/c1-2-22-14-19(17-10-6-7-11-18(17)22)25-13-12-21-20(23)15-24-16-8-4-3-5-9-16/h3-11,14H,2,12-13,15H2,1H3,(H,21,23). The van der Waals surface area contributed by atoms with Crippen molar-refractivity contribution < 1.29 is 9.53 Å². The first-order chi connectivity index (χ1) is 12.3. The summed E-state index contributed by atoms with van der Waals surface area (Å²) in [5.41, 5.74) is 1.26. The van der Waals surface area contributed by atoms with Gasteiger partial charge in [-0.3, -0.25) is 4.79 Å². The van der Waals surface area contributed by atoms with Gasteiger partial charge >= 0.3 is 0 Å². The number of hydrogen-bond acceptors (Lipinski definition) is 3. The van der Waals surface area contributed by atoms with Crippen LogP contribution in [0.15, 0.2) is 65.7 Å². The fourth-order valence-corrected chi connectivity index (χ4v) is 3.61. The van der Waals surface area contributed by atoms with Gasteiger partial charge in [0.15, 0.2) is 6.61 Å². The first-order valence-electron chi connectivity index (χ1n) is 8.43. The zero-order chi connectivity index (χ0) is 17.5. The summed E-state index contributed by atoms with van der Waals surface area (Å²) in [6.07, 6.45) is 2.19. The van der Waals surface area contributed by atoms with E-state index in [0.29, 0.717) is 12.3 Å². The van der Waals surface area contributed by atoms with Gasteiger partial charge in [0.1, 0.15) is 5.75 Å². The second-order valence-corrected chi connectivity index (χ2v) is 6.73.